The van der Waals surface area contributed by atoms with Gasteiger partial charge in [-0.05, 0) is 37.9 Å². The van der Waals surface area contributed by atoms with Crippen LogP contribution in [0, 0.1) is 0 Å². The fraction of sp³-hybridized carbons (Fsp3) is 0.786. The van der Waals surface area contributed by atoms with Gasteiger partial charge >= 0.3 is 0 Å². The van der Waals surface area contributed by atoms with E-state index in [1.165, 1.54) is 0 Å². The summed E-state index contributed by atoms with van der Waals surface area (Å²) in [5.41, 5.74) is -0.198. The van der Waals surface area contributed by atoms with Gasteiger partial charge in [0.1, 0.15) is 6.29 Å². The summed E-state index contributed by atoms with van der Waals surface area (Å²) in [6.07, 6.45) is 5.10. The molecule has 0 aromatic carbocycles. The molecule has 0 N–H and O–H groups in total. The van der Waals surface area contributed by atoms with Crippen molar-refractivity contribution in [3.63, 3.8) is 0 Å². The van der Waals surface area contributed by atoms with Gasteiger partial charge in [-0.25, -0.2) is 0 Å². The monoisotopic (exact) mass is 256 g/mol. The molecule has 0 fully saturated rings. The average molecular weight is 256 g/mol. The predicted molar refractivity (Wildman–Crippen MR) is 76.8 cm³/mol. The maximum absolute atomic E-state index is 10.6. The molecule has 0 amide bonds. The summed E-state index contributed by atoms with van der Waals surface area (Å²) in [6.45, 7) is 12.6. The minimum absolute atomic E-state index is 0.198. The molecule has 0 aromatic heterocycles. The van der Waals surface area contributed by atoms with Gasteiger partial charge in [0, 0.05) is 6.42 Å². The van der Waals surface area contributed by atoms with Crippen molar-refractivity contribution in [1.29, 1.82) is 0 Å². The minimum Gasteiger partial charge on any atom is -0.411 e. The highest BCUT2D eigenvalue weighted by Crippen LogP contribution is 2.32. The fourth-order valence-corrected chi connectivity index (χ4v) is 5.52. The number of carbonyl (C=O) groups excluding carboxylic acids is 1. The third kappa shape index (κ3) is 5.17. The maximum atomic E-state index is 10.6. The quantitative estimate of drug-likeness (QED) is 0.330. The second-order valence-electron chi connectivity index (χ2n) is 4.99. The molecule has 0 saturated heterocycles. The van der Waals surface area contributed by atoms with Gasteiger partial charge in [-0.2, -0.15) is 0 Å². The lowest BCUT2D eigenvalue weighted by molar-refractivity contribution is -0.108. The van der Waals surface area contributed by atoms with Gasteiger partial charge in [0.05, 0.1) is 5.60 Å². The molecule has 0 rings (SSSR count). The van der Waals surface area contributed by atoms with Crippen molar-refractivity contribution >= 4 is 14.6 Å². The molecule has 17 heavy (non-hydrogen) atoms. The predicted octanol–water partition coefficient (Wildman–Crippen LogP) is 4.32. The average Bonchev–Trinajstić information content (AvgIpc) is 2.34. The van der Waals surface area contributed by atoms with Crippen molar-refractivity contribution in [2.75, 3.05) is 0 Å². The van der Waals surface area contributed by atoms with Crippen molar-refractivity contribution in [3.05, 3.63) is 12.7 Å². The first-order valence-corrected chi connectivity index (χ1v) is 9.29. The molecule has 1 atom stereocenters. The highest BCUT2D eigenvalue weighted by Gasteiger charge is 2.36. The van der Waals surface area contributed by atoms with E-state index in [9.17, 15) is 4.79 Å². The number of aldehydes is 1. The van der Waals surface area contributed by atoms with Crippen LogP contribution in [0.5, 0.6) is 0 Å². The molecule has 0 aromatic rings. The summed E-state index contributed by atoms with van der Waals surface area (Å²) in [4.78, 5) is 10.6. The van der Waals surface area contributed by atoms with Crippen LogP contribution >= 0.6 is 0 Å². The van der Waals surface area contributed by atoms with Crippen LogP contribution in [0.4, 0.5) is 0 Å². The summed E-state index contributed by atoms with van der Waals surface area (Å²) in [7, 11) is -1.60. The van der Waals surface area contributed by atoms with Gasteiger partial charge in [-0.15, -0.1) is 6.58 Å². The molecule has 3 heteroatoms. The summed E-state index contributed by atoms with van der Waals surface area (Å²) in [5.74, 6) is 0. The van der Waals surface area contributed by atoms with E-state index in [2.05, 4.69) is 34.3 Å². The van der Waals surface area contributed by atoms with Crippen molar-refractivity contribution in [2.45, 2.75) is 70.7 Å². The lowest BCUT2D eigenvalue weighted by Crippen LogP contribution is -2.45. The number of hydrogen-bond acceptors (Lipinski definition) is 2. The van der Waals surface area contributed by atoms with Gasteiger partial charge in [-0.3, -0.25) is 0 Å². The molecule has 2 nitrogen and oxygen atoms in total. The van der Waals surface area contributed by atoms with Crippen LogP contribution in [-0.2, 0) is 9.22 Å². The summed E-state index contributed by atoms with van der Waals surface area (Å²) in [5, 5.41) is 0. The molecule has 0 saturated carbocycles. The molecule has 0 aliphatic heterocycles. The second kappa shape index (κ2) is 7.83. The zero-order valence-electron chi connectivity index (χ0n) is 11.9. The zero-order chi connectivity index (χ0) is 13.4. The molecule has 0 aliphatic rings. The van der Waals surface area contributed by atoms with Crippen molar-refractivity contribution < 1.29 is 9.22 Å². The molecular formula is C14H28O2Si. The number of carbonyl (C=O) groups is 1. The lowest BCUT2D eigenvalue weighted by atomic mass is 9.97. The summed E-state index contributed by atoms with van der Waals surface area (Å²) < 4.78 is 6.52. The van der Waals surface area contributed by atoms with E-state index in [0.717, 1.165) is 37.3 Å². The van der Waals surface area contributed by atoms with Crippen molar-refractivity contribution in [1.82, 2.24) is 0 Å². The Kier molecular flexibility index (Phi) is 7.64. The molecule has 0 heterocycles. The van der Waals surface area contributed by atoms with Crippen LogP contribution < -0.4 is 0 Å². The SMILES string of the molecule is C=CCC(C)(CCC=O)O[Si](CC)(CC)CC. The second-order valence-corrected chi connectivity index (χ2v) is 9.69. The molecule has 100 valence electrons. The normalized spacial score (nSPS) is 15.3. The summed E-state index contributed by atoms with van der Waals surface area (Å²) in [6, 6.07) is 3.44. The van der Waals surface area contributed by atoms with E-state index in [-0.39, 0.29) is 5.60 Å². The highest BCUT2D eigenvalue weighted by molar-refractivity contribution is 6.73. The van der Waals surface area contributed by atoms with Gasteiger partial charge in [0.15, 0.2) is 8.32 Å². The van der Waals surface area contributed by atoms with Gasteiger partial charge < -0.3 is 9.22 Å². The van der Waals surface area contributed by atoms with E-state index in [4.69, 9.17) is 4.43 Å². The Morgan fingerprint density at radius 1 is 1.24 bits per heavy atom. The largest absolute Gasteiger partial charge is 0.411 e. The van der Waals surface area contributed by atoms with E-state index in [0.29, 0.717) is 6.42 Å². The van der Waals surface area contributed by atoms with Crippen LogP contribution in [-0.4, -0.2) is 20.2 Å². The third-order valence-electron chi connectivity index (χ3n) is 3.76. The Balaban J connectivity index is 4.80. The van der Waals surface area contributed by atoms with Crippen LogP contribution in [0.2, 0.25) is 18.1 Å². The van der Waals surface area contributed by atoms with Crippen LogP contribution in [0.3, 0.4) is 0 Å². The van der Waals surface area contributed by atoms with E-state index < -0.39 is 8.32 Å². The maximum Gasteiger partial charge on any atom is 0.192 e. The first kappa shape index (κ1) is 16.6. The molecule has 0 aliphatic carbocycles. The van der Waals surface area contributed by atoms with Crippen LogP contribution in [0.1, 0.15) is 47.0 Å². The Morgan fingerprint density at radius 2 is 1.76 bits per heavy atom. The van der Waals surface area contributed by atoms with Gasteiger partial charge in [0.2, 0.25) is 0 Å². The Labute approximate surface area is 108 Å². The highest BCUT2D eigenvalue weighted by atomic mass is 28.4. The fourth-order valence-electron chi connectivity index (χ4n) is 2.35. The van der Waals surface area contributed by atoms with Crippen molar-refractivity contribution in [2.24, 2.45) is 0 Å². The number of rotatable bonds is 10. The first-order valence-electron chi connectivity index (χ1n) is 6.76. The van der Waals surface area contributed by atoms with Crippen molar-refractivity contribution in [3.8, 4) is 0 Å². The van der Waals surface area contributed by atoms with Crippen LogP contribution in [0.15, 0.2) is 12.7 Å². The first-order chi connectivity index (χ1) is 8.01. The summed E-state index contributed by atoms with van der Waals surface area (Å²) >= 11 is 0. The standard InChI is InChI=1S/C14H28O2Si/c1-6-11-14(5,12-10-13-15)16-17(7-2,8-3)9-4/h6,13H,1,7-12H2,2-5H3. The van der Waals surface area contributed by atoms with Gasteiger partial charge in [0.25, 0.3) is 0 Å². The van der Waals surface area contributed by atoms with Crippen LogP contribution in [0.25, 0.3) is 0 Å². The third-order valence-corrected chi connectivity index (χ3v) is 8.55. The van der Waals surface area contributed by atoms with E-state index in [1.54, 1.807) is 0 Å². The van der Waals surface area contributed by atoms with Gasteiger partial charge in [-0.1, -0.05) is 26.8 Å². The zero-order valence-corrected chi connectivity index (χ0v) is 12.9. The molecule has 0 radical (unpaired) electrons. The Bertz CT molecular complexity index is 228. The van der Waals surface area contributed by atoms with E-state index in [1.807, 2.05) is 6.08 Å². The number of hydrogen-bond donors (Lipinski definition) is 0. The lowest BCUT2D eigenvalue weighted by Gasteiger charge is -2.40. The molecular weight excluding hydrogens is 228 g/mol. The topological polar surface area (TPSA) is 26.3 Å². The Morgan fingerprint density at radius 3 is 2.12 bits per heavy atom. The molecule has 0 bridgehead atoms. The van der Waals surface area contributed by atoms with E-state index >= 15 is 0 Å². The minimum atomic E-state index is -1.60. The smallest absolute Gasteiger partial charge is 0.192 e. The Hall–Kier alpha value is -0.413. The molecule has 1 unspecified atom stereocenters. The molecule has 0 spiro atoms.